The van der Waals surface area contributed by atoms with Gasteiger partial charge in [0.05, 0.1) is 11.7 Å². The summed E-state index contributed by atoms with van der Waals surface area (Å²) in [6, 6.07) is 5.20. The minimum absolute atomic E-state index is 0.0784. The first-order chi connectivity index (χ1) is 13.1. The van der Waals surface area contributed by atoms with E-state index in [1.165, 1.54) is 31.2 Å². The topological polar surface area (TPSA) is 97.5 Å². The van der Waals surface area contributed by atoms with Crippen molar-refractivity contribution in [2.24, 2.45) is 0 Å². The normalized spacial score (nSPS) is 11.8. The second-order valence-corrected chi connectivity index (χ2v) is 6.62. The van der Waals surface area contributed by atoms with Crippen molar-refractivity contribution in [3.8, 4) is 0 Å². The monoisotopic (exact) mass is 390 g/mol. The molecule has 0 saturated heterocycles. The lowest BCUT2D eigenvalue weighted by Gasteiger charge is -2.13. The third-order valence-corrected chi connectivity index (χ3v) is 3.95. The van der Waals surface area contributed by atoms with Crippen molar-refractivity contribution in [3.05, 3.63) is 52.6 Å². The van der Waals surface area contributed by atoms with Crippen molar-refractivity contribution < 1.29 is 28.2 Å². The summed E-state index contributed by atoms with van der Waals surface area (Å²) in [5, 5.41) is 2.53. The van der Waals surface area contributed by atoms with E-state index in [1.54, 1.807) is 27.7 Å². The molecule has 1 amide bonds. The summed E-state index contributed by atoms with van der Waals surface area (Å²) in [5.74, 6) is -2.31. The number of esters is 2. The van der Waals surface area contributed by atoms with Crippen molar-refractivity contribution in [2.75, 3.05) is 5.32 Å². The van der Waals surface area contributed by atoms with Crippen LogP contribution in [0, 0.1) is 19.7 Å². The van der Waals surface area contributed by atoms with Gasteiger partial charge in [-0.05, 0) is 64.4 Å². The predicted molar refractivity (Wildman–Crippen MR) is 101 cm³/mol. The van der Waals surface area contributed by atoms with E-state index in [2.05, 4.69) is 10.3 Å². The van der Waals surface area contributed by atoms with E-state index >= 15 is 0 Å². The van der Waals surface area contributed by atoms with Crippen molar-refractivity contribution in [1.29, 1.82) is 0 Å². The number of nitrogens with one attached hydrogen (secondary N) is 2. The van der Waals surface area contributed by atoms with Gasteiger partial charge in [0.1, 0.15) is 11.5 Å². The molecule has 0 aliphatic rings. The summed E-state index contributed by atoms with van der Waals surface area (Å²) in [6.07, 6.45) is -1.40. The van der Waals surface area contributed by atoms with Crippen molar-refractivity contribution in [3.63, 3.8) is 0 Å². The van der Waals surface area contributed by atoms with Crippen LogP contribution < -0.4 is 5.32 Å². The lowest BCUT2D eigenvalue weighted by Crippen LogP contribution is -2.30. The molecule has 2 N–H and O–H groups in total. The van der Waals surface area contributed by atoms with Crippen LogP contribution in [0.4, 0.5) is 10.1 Å². The van der Waals surface area contributed by atoms with Gasteiger partial charge in [0, 0.05) is 11.4 Å². The molecule has 0 bridgehead atoms. The summed E-state index contributed by atoms with van der Waals surface area (Å²) in [4.78, 5) is 39.7. The number of halogens is 1. The lowest BCUT2D eigenvalue weighted by atomic mass is 10.1. The Hall–Kier alpha value is -3.16. The van der Waals surface area contributed by atoms with Crippen LogP contribution >= 0.6 is 0 Å². The van der Waals surface area contributed by atoms with Gasteiger partial charge in [-0.3, -0.25) is 4.79 Å². The summed E-state index contributed by atoms with van der Waals surface area (Å²) in [5.41, 5.74) is 1.58. The molecule has 0 saturated carbocycles. The number of benzene rings is 1. The molecule has 0 fully saturated rings. The minimum Gasteiger partial charge on any atom is -0.459 e. The number of rotatable bonds is 6. The highest BCUT2D eigenvalue weighted by Gasteiger charge is 2.27. The lowest BCUT2D eigenvalue weighted by molar-refractivity contribution is -0.123. The molecule has 0 unspecified atom stereocenters. The van der Waals surface area contributed by atoms with Gasteiger partial charge in [0.2, 0.25) is 0 Å². The third-order valence-electron chi connectivity index (χ3n) is 3.95. The van der Waals surface area contributed by atoms with Crippen molar-refractivity contribution in [1.82, 2.24) is 4.98 Å². The minimum atomic E-state index is -1.10. The standard InChI is InChI=1S/C20H23FN2O5/c1-10(2)27-19(25)16-11(3)17(22-12(16)4)20(26)28-13(5)18(24)23-15-8-6-14(21)7-9-15/h6-10,13,22H,1-5H3,(H,23,24)/t13-/m1/s1. The van der Waals surface area contributed by atoms with Gasteiger partial charge in [-0.2, -0.15) is 0 Å². The fourth-order valence-corrected chi connectivity index (χ4v) is 2.58. The summed E-state index contributed by atoms with van der Waals surface area (Å²) in [7, 11) is 0. The van der Waals surface area contributed by atoms with Gasteiger partial charge in [0.25, 0.3) is 5.91 Å². The quantitative estimate of drug-likeness (QED) is 0.736. The number of aromatic amines is 1. The number of carbonyl (C=O) groups is 3. The van der Waals surface area contributed by atoms with E-state index in [4.69, 9.17) is 9.47 Å². The van der Waals surface area contributed by atoms with Gasteiger partial charge in [-0.15, -0.1) is 0 Å². The first-order valence-corrected chi connectivity index (χ1v) is 8.77. The van der Waals surface area contributed by atoms with Crippen LogP contribution in [0.3, 0.4) is 0 Å². The molecule has 2 aromatic rings. The average Bonchev–Trinajstić information content (AvgIpc) is 2.90. The van der Waals surface area contributed by atoms with Crippen LogP contribution in [-0.4, -0.2) is 35.0 Å². The molecule has 1 atom stereocenters. The number of H-pyrrole nitrogens is 1. The highest BCUT2D eigenvalue weighted by molar-refractivity contribution is 6.00. The molecular weight excluding hydrogens is 367 g/mol. The number of hydrogen-bond acceptors (Lipinski definition) is 5. The molecule has 0 spiro atoms. The smallest absolute Gasteiger partial charge is 0.355 e. The summed E-state index contributed by atoms with van der Waals surface area (Å²) in [6.45, 7) is 8.11. The highest BCUT2D eigenvalue weighted by atomic mass is 19.1. The maximum absolute atomic E-state index is 12.9. The van der Waals surface area contributed by atoms with Gasteiger partial charge in [-0.25, -0.2) is 14.0 Å². The predicted octanol–water partition coefficient (Wildman–Crippen LogP) is 3.52. The zero-order valence-electron chi connectivity index (χ0n) is 16.4. The number of carbonyl (C=O) groups excluding carboxylic acids is 3. The van der Waals surface area contributed by atoms with Crippen LogP contribution in [0.15, 0.2) is 24.3 Å². The van der Waals surface area contributed by atoms with E-state index < -0.39 is 29.8 Å². The summed E-state index contributed by atoms with van der Waals surface area (Å²) < 4.78 is 23.3. The van der Waals surface area contributed by atoms with E-state index in [-0.39, 0.29) is 17.4 Å². The number of ether oxygens (including phenoxy) is 2. The number of aromatic nitrogens is 1. The Morgan fingerprint density at radius 2 is 1.61 bits per heavy atom. The Bertz CT molecular complexity index is 887. The molecule has 1 aromatic heterocycles. The van der Waals surface area contributed by atoms with Gasteiger partial charge < -0.3 is 19.8 Å². The molecule has 0 aliphatic heterocycles. The molecule has 2 rings (SSSR count). The van der Waals surface area contributed by atoms with E-state index in [1.807, 2.05) is 0 Å². The fraction of sp³-hybridized carbons (Fsp3) is 0.350. The molecule has 7 nitrogen and oxygen atoms in total. The third kappa shape index (κ3) is 4.97. The van der Waals surface area contributed by atoms with Crippen LogP contribution in [-0.2, 0) is 14.3 Å². The Morgan fingerprint density at radius 1 is 1.00 bits per heavy atom. The molecule has 0 radical (unpaired) electrons. The van der Waals surface area contributed by atoms with Crippen LogP contribution in [0.1, 0.15) is 52.9 Å². The largest absolute Gasteiger partial charge is 0.459 e. The van der Waals surface area contributed by atoms with Gasteiger partial charge >= 0.3 is 11.9 Å². The average molecular weight is 390 g/mol. The second-order valence-electron chi connectivity index (χ2n) is 6.62. The zero-order valence-corrected chi connectivity index (χ0v) is 16.4. The van der Waals surface area contributed by atoms with Gasteiger partial charge in [-0.1, -0.05) is 0 Å². The van der Waals surface area contributed by atoms with Crippen LogP contribution in [0.5, 0.6) is 0 Å². The Morgan fingerprint density at radius 3 is 2.18 bits per heavy atom. The second kappa shape index (κ2) is 8.69. The van der Waals surface area contributed by atoms with Crippen LogP contribution in [0.2, 0.25) is 0 Å². The van der Waals surface area contributed by atoms with E-state index in [9.17, 15) is 18.8 Å². The number of aryl methyl sites for hydroxylation is 1. The van der Waals surface area contributed by atoms with Crippen molar-refractivity contribution >= 4 is 23.5 Å². The molecule has 8 heteroatoms. The highest BCUT2D eigenvalue weighted by Crippen LogP contribution is 2.21. The summed E-state index contributed by atoms with van der Waals surface area (Å²) >= 11 is 0. The molecule has 1 heterocycles. The van der Waals surface area contributed by atoms with Crippen LogP contribution in [0.25, 0.3) is 0 Å². The van der Waals surface area contributed by atoms with Gasteiger partial charge in [0.15, 0.2) is 6.10 Å². The molecule has 28 heavy (non-hydrogen) atoms. The number of anilines is 1. The molecular formula is C20H23FN2O5. The maximum Gasteiger partial charge on any atom is 0.355 e. The first kappa shape index (κ1) is 21.1. The molecule has 1 aromatic carbocycles. The Labute approximate surface area is 162 Å². The van der Waals surface area contributed by atoms with Crippen molar-refractivity contribution in [2.45, 2.75) is 46.8 Å². The SMILES string of the molecule is Cc1[nH]c(C(=O)O[C@H](C)C(=O)Nc2ccc(F)cc2)c(C)c1C(=O)OC(C)C. The zero-order chi connectivity index (χ0) is 21.0. The van der Waals surface area contributed by atoms with E-state index in [0.717, 1.165) is 0 Å². The molecule has 150 valence electrons. The Balaban J connectivity index is 2.08. The maximum atomic E-state index is 12.9. The molecule has 0 aliphatic carbocycles. The van der Waals surface area contributed by atoms with E-state index in [0.29, 0.717) is 16.9 Å². The fourth-order valence-electron chi connectivity index (χ4n) is 2.58. The first-order valence-electron chi connectivity index (χ1n) is 8.77. The number of amides is 1. The Kier molecular flexibility index (Phi) is 6.56. The number of hydrogen-bond donors (Lipinski definition) is 2.